The smallest absolute Gasteiger partial charge is 0.302 e. The van der Waals surface area contributed by atoms with Crippen molar-refractivity contribution in [3.8, 4) is 11.5 Å². The van der Waals surface area contributed by atoms with Crippen LogP contribution in [0.3, 0.4) is 0 Å². The molecule has 0 heterocycles. The lowest BCUT2D eigenvalue weighted by molar-refractivity contribution is 0.273. The molecule has 0 amide bonds. The van der Waals surface area contributed by atoms with Crippen LogP contribution in [0.1, 0.15) is 12.5 Å². The van der Waals surface area contributed by atoms with E-state index in [0.717, 1.165) is 0 Å². The first-order valence-corrected chi connectivity index (χ1v) is 5.75. The zero-order valence-corrected chi connectivity index (χ0v) is 9.95. The molecule has 0 spiro atoms. The van der Waals surface area contributed by atoms with E-state index < -0.39 is 11.4 Å². The van der Waals surface area contributed by atoms with Crippen molar-refractivity contribution in [3.05, 3.63) is 23.8 Å². The third kappa shape index (κ3) is 3.48. The van der Waals surface area contributed by atoms with Gasteiger partial charge in [0, 0.05) is 5.56 Å². The normalized spacial score (nSPS) is 12.2. The number of methoxy groups -OCH3 is 1. The van der Waals surface area contributed by atoms with Gasteiger partial charge in [0.1, 0.15) is 0 Å². The molecule has 0 aliphatic carbocycles. The van der Waals surface area contributed by atoms with E-state index in [-0.39, 0.29) is 6.61 Å². The van der Waals surface area contributed by atoms with Crippen LogP contribution in [-0.2, 0) is 22.2 Å². The Morgan fingerprint density at radius 1 is 1.44 bits per heavy atom. The molecule has 0 saturated carbocycles. The van der Waals surface area contributed by atoms with Gasteiger partial charge in [0.15, 0.2) is 11.5 Å². The Morgan fingerprint density at radius 3 is 2.75 bits per heavy atom. The summed E-state index contributed by atoms with van der Waals surface area (Å²) >= 11 is -2.28. The fourth-order valence-electron chi connectivity index (χ4n) is 1.26. The van der Waals surface area contributed by atoms with Crippen LogP contribution >= 0.6 is 0 Å². The summed E-state index contributed by atoms with van der Waals surface area (Å²) in [5, 5.41) is 0. The fraction of sp³-hybridized carbons (Fsp3) is 0.400. The van der Waals surface area contributed by atoms with E-state index in [2.05, 4.69) is 4.18 Å². The van der Waals surface area contributed by atoms with Crippen LogP contribution in [0.25, 0.3) is 0 Å². The first-order valence-electron chi connectivity index (χ1n) is 4.71. The molecule has 0 aliphatic heterocycles. The summed E-state index contributed by atoms with van der Waals surface area (Å²) in [6.07, 6.45) is 0. The molecule has 1 rings (SSSR count). The van der Waals surface area contributed by atoms with Gasteiger partial charge in [-0.3, -0.25) is 8.74 Å². The number of benzene rings is 1. The predicted octanol–water partition coefficient (Wildman–Crippen LogP) is 1.75. The van der Waals surface area contributed by atoms with Gasteiger partial charge in [-0.05, 0) is 13.0 Å². The van der Waals surface area contributed by atoms with Crippen LogP contribution < -0.4 is 9.47 Å². The molecular formula is C10H14O5S. The lowest BCUT2D eigenvalue weighted by Crippen LogP contribution is -2.02. The van der Waals surface area contributed by atoms with Crippen LogP contribution in [0.2, 0.25) is 0 Å². The molecule has 0 fully saturated rings. The fourth-order valence-corrected chi connectivity index (χ4v) is 1.49. The van der Waals surface area contributed by atoms with E-state index in [1.54, 1.807) is 18.2 Å². The van der Waals surface area contributed by atoms with E-state index in [1.807, 2.05) is 6.92 Å². The van der Waals surface area contributed by atoms with Gasteiger partial charge in [0.05, 0.1) is 20.3 Å². The average Bonchev–Trinajstić information content (AvgIpc) is 2.27. The van der Waals surface area contributed by atoms with Gasteiger partial charge >= 0.3 is 11.4 Å². The quantitative estimate of drug-likeness (QED) is 0.775. The van der Waals surface area contributed by atoms with E-state index in [4.69, 9.17) is 14.0 Å². The molecule has 1 unspecified atom stereocenters. The first-order chi connectivity index (χ1) is 7.69. The van der Waals surface area contributed by atoms with E-state index in [0.29, 0.717) is 23.7 Å². The SMILES string of the molecule is CCOc1c(COS(=O)O)cccc1OC. The Kier molecular flexibility index (Phi) is 5.24. The molecule has 0 aliphatic rings. The minimum absolute atomic E-state index is 0.00432. The Balaban J connectivity index is 2.92. The van der Waals surface area contributed by atoms with Gasteiger partial charge < -0.3 is 9.47 Å². The largest absolute Gasteiger partial charge is 0.493 e. The molecule has 1 aromatic rings. The zero-order chi connectivity index (χ0) is 12.0. The summed E-state index contributed by atoms with van der Waals surface area (Å²) in [5.41, 5.74) is 0.670. The van der Waals surface area contributed by atoms with Gasteiger partial charge in [-0.2, -0.15) is 4.21 Å². The van der Waals surface area contributed by atoms with Crippen LogP contribution in [-0.4, -0.2) is 22.5 Å². The molecule has 90 valence electrons. The summed E-state index contributed by atoms with van der Waals surface area (Å²) in [7, 11) is 1.53. The molecule has 1 N–H and O–H groups in total. The highest BCUT2D eigenvalue weighted by Crippen LogP contribution is 2.31. The molecule has 6 heteroatoms. The molecule has 0 saturated heterocycles. The Hall–Kier alpha value is -1.11. The summed E-state index contributed by atoms with van der Waals surface area (Å²) in [5.74, 6) is 1.12. The van der Waals surface area contributed by atoms with Gasteiger partial charge in [-0.1, -0.05) is 12.1 Å². The highest BCUT2D eigenvalue weighted by molar-refractivity contribution is 7.74. The maximum Gasteiger partial charge on any atom is 0.302 e. The van der Waals surface area contributed by atoms with E-state index >= 15 is 0 Å². The van der Waals surface area contributed by atoms with Crippen molar-refractivity contribution in [2.24, 2.45) is 0 Å². The van der Waals surface area contributed by atoms with Gasteiger partial charge in [0.25, 0.3) is 0 Å². The molecule has 0 aromatic heterocycles. The monoisotopic (exact) mass is 246 g/mol. The van der Waals surface area contributed by atoms with E-state index in [1.165, 1.54) is 7.11 Å². The Labute approximate surface area is 96.8 Å². The third-order valence-corrected chi connectivity index (χ3v) is 2.20. The maximum atomic E-state index is 10.4. The highest BCUT2D eigenvalue weighted by Gasteiger charge is 2.10. The van der Waals surface area contributed by atoms with Crippen LogP contribution in [0.15, 0.2) is 18.2 Å². The minimum Gasteiger partial charge on any atom is -0.493 e. The van der Waals surface area contributed by atoms with Crippen molar-refractivity contribution in [1.82, 2.24) is 0 Å². The van der Waals surface area contributed by atoms with Crippen LogP contribution in [0, 0.1) is 0 Å². The molecule has 1 aromatic carbocycles. The van der Waals surface area contributed by atoms with Gasteiger partial charge in [0.2, 0.25) is 0 Å². The zero-order valence-electron chi connectivity index (χ0n) is 9.13. The van der Waals surface area contributed by atoms with Crippen molar-refractivity contribution in [3.63, 3.8) is 0 Å². The average molecular weight is 246 g/mol. The minimum atomic E-state index is -2.28. The van der Waals surface area contributed by atoms with Crippen molar-refractivity contribution in [2.45, 2.75) is 13.5 Å². The standard InChI is InChI=1S/C10H14O5S/c1-3-14-10-8(7-15-16(11)12)5-4-6-9(10)13-2/h4-6H,3,7H2,1-2H3,(H,11,12). The molecule has 16 heavy (non-hydrogen) atoms. The molecule has 0 bridgehead atoms. The van der Waals surface area contributed by atoms with Crippen molar-refractivity contribution in [1.29, 1.82) is 0 Å². The second-order valence-corrected chi connectivity index (χ2v) is 3.53. The topological polar surface area (TPSA) is 65.0 Å². The maximum absolute atomic E-state index is 10.4. The van der Waals surface area contributed by atoms with Gasteiger partial charge in [-0.15, -0.1) is 0 Å². The summed E-state index contributed by atoms with van der Waals surface area (Å²) < 4.78 is 34.1. The predicted molar refractivity (Wildman–Crippen MR) is 59.7 cm³/mol. The third-order valence-electron chi connectivity index (χ3n) is 1.88. The summed E-state index contributed by atoms with van der Waals surface area (Å²) in [6, 6.07) is 5.27. The molecule has 1 atom stereocenters. The number of hydrogen-bond acceptors (Lipinski definition) is 4. The summed E-state index contributed by atoms with van der Waals surface area (Å²) in [4.78, 5) is 0. The lowest BCUT2D eigenvalue weighted by atomic mass is 10.2. The van der Waals surface area contributed by atoms with Crippen molar-refractivity contribution < 1.29 is 22.4 Å². The van der Waals surface area contributed by atoms with Crippen molar-refractivity contribution >= 4 is 11.4 Å². The molecule has 5 nitrogen and oxygen atoms in total. The van der Waals surface area contributed by atoms with Crippen LogP contribution in [0.5, 0.6) is 11.5 Å². The molecule has 0 radical (unpaired) electrons. The number of ether oxygens (including phenoxy) is 2. The number of rotatable bonds is 6. The summed E-state index contributed by atoms with van der Waals surface area (Å²) in [6.45, 7) is 2.33. The lowest BCUT2D eigenvalue weighted by Gasteiger charge is -2.13. The van der Waals surface area contributed by atoms with Crippen LogP contribution in [0.4, 0.5) is 0 Å². The Morgan fingerprint density at radius 2 is 2.19 bits per heavy atom. The van der Waals surface area contributed by atoms with Crippen molar-refractivity contribution in [2.75, 3.05) is 13.7 Å². The van der Waals surface area contributed by atoms with Gasteiger partial charge in [-0.25, -0.2) is 0 Å². The number of para-hydroxylation sites is 1. The van der Waals surface area contributed by atoms with E-state index in [9.17, 15) is 4.21 Å². The Bertz CT molecular complexity index is 366. The first kappa shape index (κ1) is 13.0. The number of hydrogen-bond donors (Lipinski definition) is 1. The second kappa shape index (κ2) is 6.47. The second-order valence-electron chi connectivity index (χ2n) is 2.86. The highest BCUT2D eigenvalue weighted by atomic mass is 32.2. The molecular weight excluding hydrogens is 232 g/mol.